The topological polar surface area (TPSA) is 43.8 Å². The average molecular weight is 306 g/mol. The molecule has 2 saturated heterocycles. The number of likely N-dealkylation sites (tertiary alicyclic amines) is 1. The maximum absolute atomic E-state index is 13.5. The summed E-state index contributed by atoms with van der Waals surface area (Å²) in [5, 5.41) is 9.30. The van der Waals surface area contributed by atoms with Crippen LogP contribution in [0.3, 0.4) is 0 Å². The fraction of sp³-hybridized carbons (Fsp3) is 0.588. The molecular weight excluding hydrogens is 283 g/mol. The van der Waals surface area contributed by atoms with Crippen molar-refractivity contribution in [2.24, 2.45) is 0 Å². The van der Waals surface area contributed by atoms with Crippen LogP contribution in [0.5, 0.6) is 0 Å². The number of nitrogens with zero attached hydrogens (tertiary/aromatic N) is 2. The summed E-state index contributed by atoms with van der Waals surface area (Å²) in [6.45, 7) is 2.03. The standard InChI is InChI=1S/C17H23FN2O2/c18-14-10-16(12-21)20(11-14)17(22)13-4-6-15(7-5-13)19-8-2-1-3-9-19/h4-7,14,16,21H,1-3,8-12H2/t14-,16-/m0/s1. The molecule has 2 heterocycles. The van der Waals surface area contributed by atoms with E-state index in [-0.39, 0.29) is 25.5 Å². The van der Waals surface area contributed by atoms with Gasteiger partial charge in [0, 0.05) is 30.8 Å². The number of anilines is 1. The monoisotopic (exact) mass is 306 g/mol. The fourth-order valence-corrected chi connectivity index (χ4v) is 3.41. The summed E-state index contributed by atoms with van der Waals surface area (Å²) < 4.78 is 13.5. The molecule has 0 radical (unpaired) electrons. The van der Waals surface area contributed by atoms with E-state index in [0.717, 1.165) is 18.8 Å². The Morgan fingerprint density at radius 1 is 1.18 bits per heavy atom. The highest BCUT2D eigenvalue weighted by Gasteiger charge is 2.35. The van der Waals surface area contributed by atoms with E-state index < -0.39 is 12.2 Å². The van der Waals surface area contributed by atoms with Crippen LogP contribution in [0, 0.1) is 0 Å². The van der Waals surface area contributed by atoms with E-state index in [1.807, 2.05) is 24.3 Å². The molecule has 22 heavy (non-hydrogen) atoms. The fourth-order valence-electron chi connectivity index (χ4n) is 3.41. The third-order valence-corrected chi connectivity index (χ3v) is 4.67. The van der Waals surface area contributed by atoms with Crippen LogP contribution in [0.15, 0.2) is 24.3 Å². The summed E-state index contributed by atoms with van der Waals surface area (Å²) >= 11 is 0. The van der Waals surface area contributed by atoms with Crippen LogP contribution >= 0.6 is 0 Å². The maximum Gasteiger partial charge on any atom is 0.254 e. The first kappa shape index (κ1) is 15.3. The number of aliphatic hydroxyl groups is 1. The van der Waals surface area contributed by atoms with Crippen molar-refractivity contribution in [3.63, 3.8) is 0 Å². The highest BCUT2D eigenvalue weighted by atomic mass is 19.1. The SMILES string of the molecule is O=C(c1ccc(N2CCCCC2)cc1)N1C[C@@H](F)C[C@H]1CO. The van der Waals surface area contributed by atoms with Gasteiger partial charge in [-0.05, 0) is 43.5 Å². The number of carbonyl (C=O) groups is 1. The number of aliphatic hydroxyl groups excluding tert-OH is 1. The molecular formula is C17H23FN2O2. The third kappa shape index (κ3) is 3.09. The number of amides is 1. The first-order chi connectivity index (χ1) is 10.7. The zero-order chi connectivity index (χ0) is 15.5. The summed E-state index contributed by atoms with van der Waals surface area (Å²) in [5.74, 6) is -0.190. The van der Waals surface area contributed by atoms with Crippen LogP contribution in [0.2, 0.25) is 0 Å². The summed E-state index contributed by atoms with van der Waals surface area (Å²) in [6, 6.07) is 7.16. The van der Waals surface area contributed by atoms with Gasteiger partial charge in [0.2, 0.25) is 0 Å². The Balaban J connectivity index is 1.70. The van der Waals surface area contributed by atoms with E-state index in [0.29, 0.717) is 5.56 Å². The lowest BCUT2D eigenvalue weighted by atomic mass is 10.1. The maximum atomic E-state index is 13.5. The molecule has 3 rings (SSSR count). The van der Waals surface area contributed by atoms with Crippen molar-refractivity contribution in [1.29, 1.82) is 0 Å². The highest BCUT2D eigenvalue weighted by molar-refractivity contribution is 5.95. The number of rotatable bonds is 3. The number of alkyl halides is 1. The van der Waals surface area contributed by atoms with Crippen LogP contribution in [0.25, 0.3) is 0 Å². The van der Waals surface area contributed by atoms with E-state index in [4.69, 9.17) is 0 Å². The lowest BCUT2D eigenvalue weighted by Gasteiger charge is -2.29. The number of hydrogen-bond donors (Lipinski definition) is 1. The molecule has 2 atom stereocenters. The van der Waals surface area contributed by atoms with Gasteiger partial charge in [0.1, 0.15) is 6.17 Å². The quantitative estimate of drug-likeness (QED) is 0.931. The lowest BCUT2D eigenvalue weighted by molar-refractivity contribution is 0.0673. The van der Waals surface area contributed by atoms with Crippen LogP contribution in [-0.2, 0) is 0 Å². The Hall–Kier alpha value is -1.62. The first-order valence-electron chi connectivity index (χ1n) is 8.10. The van der Waals surface area contributed by atoms with E-state index in [9.17, 15) is 14.3 Å². The van der Waals surface area contributed by atoms with Crippen molar-refractivity contribution in [3.8, 4) is 0 Å². The summed E-state index contributed by atoms with van der Waals surface area (Å²) in [6.07, 6.45) is 2.91. The molecule has 0 aromatic heterocycles. The molecule has 2 fully saturated rings. The minimum Gasteiger partial charge on any atom is -0.394 e. The molecule has 4 nitrogen and oxygen atoms in total. The van der Waals surface area contributed by atoms with Crippen LogP contribution < -0.4 is 4.90 Å². The van der Waals surface area contributed by atoms with Crippen LogP contribution in [0.4, 0.5) is 10.1 Å². The molecule has 0 aliphatic carbocycles. The second kappa shape index (κ2) is 6.65. The van der Waals surface area contributed by atoms with Gasteiger partial charge in [-0.1, -0.05) is 0 Å². The van der Waals surface area contributed by atoms with Gasteiger partial charge in [0.15, 0.2) is 0 Å². The minimum absolute atomic E-state index is 0.0813. The molecule has 120 valence electrons. The summed E-state index contributed by atoms with van der Waals surface area (Å²) in [7, 11) is 0. The number of carbonyl (C=O) groups excluding carboxylic acids is 1. The van der Waals surface area contributed by atoms with Gasteiger partial charge < -0.3 is 14.9 Å². The van der Waals surface area contributed by atoms with Crippen molar-refractivity contribution in [3.05, 3.63) is 29.8 Å². The van der Waals surface area contributed by atoms with Crippen LogP contribution in [0.1, 0.15) is 36.0 Å². The Morgan fingerprint density at radius 3 is 2.50 bits per heavy atom. The van der Waals surface area contributed by atoms with Gasteiger partial charge in [-0.15, -0.1) is 0 Å². The Kier molecular flexibility index (Phi) is 4.62. The largest absolute Gasteiger partial charge is 0.394 e. The summed E-state index contributed by atoms with van der Waals surface area (Å²) in [5.41, 5.74) is 1.70. The van der Waals surface area contributed by atoms with Gasteiger partial charge in [0.05, 0.1) is 19.2 Å². The van der Waals surface area contributed by atoms with Crippen molar-refractivity contribution < 1.29 is 14.3 Å². The van der Waals surface area contributed by atoms with Crippen molar-refractivity contribution in [2.75, 3.05) is 31.1 Å². The molecule has 1 N–H and O–H groups in total. The van der Waals surface area contributed by atoms with Gasteiger partial charge in [0.25, 0.3) is 5.91 Å². The lowest BCUT2D eigenvalue weighted by Crippen LogP contribution is -2.37. The van der Waals surface area contributed by atoms with Gasteiger partial charge >= 0.3 is 0 Å². The number of halogens is 1. The second-order valence-electron chi connectivity index (χ2n) is 6.22. The Morgan fingerprint density at radius 2 is 1.86 bits per heavy atom. The molecule has 2 aliphatic heterocycles. The molecule has 2 aliphatic rings. The third-order valence-electron chi connectivity index (χ3n) is 4.67. The molecule has 0 spiro atoms. The van der Waals surface area contributed by atoms with Gasteiger partial charge in [-0.25, -0.2) is 4.39 Å². The molecule has 1 amide bonds. The predicted octanol–water partition coefficient (Wildman–Crippen LogP) is 2.22. The number of hydrogen-bond acceptors (Lipinski definition) is 3. The molecule has 0 bridgehead atoms. The number of piperidine rings is 1. The molecule has 1 aromatic rings. The molecule has 0 saturated carbocycles. The highest BCUT2D eigenvalue weighted by Crippen LogP contribution is 2.24. The average Bonchev–Trinajstić information content (AvgIpc) is 2.96. The molecule has 5 heteroatoms. The molecule has 1 aromatic carbocycles. The van der Waals surface area contributed by atoms with Crippen molar-refractivity contribution in [2.45, 2.75) is 37.9 Å². The van der Waals surface area contributed by atoms with Crippen molar-refractivity contribution >= 4 is 11.6 Å². The van der Waals surface area contributed by atoms with Crippen LogP contribution in [-0.4, -0.2) is 54.4 Å². The van der Waals surface area contributed by atoms with E-state index >= 15 is 0 Å². The van der Waals surface area contributed by atoms with E-state index in [1.54, 1.807) is 0 Å². The van der Waals surface area contributed by atoms with Crippen molar-refractivity contribution in [1.82, 2.24) is 4.90 Å². The molecule has 0 unspecified atom stereocenters. The Bertz CT molecular complexity index is 514. The first-order valence-corrected chi connectivity index (χ1v) is 8.10. The van der Waals surface area contributed by atoms with Gasteiger partial charge in [-0.2, -0.15) is 0 Å². The predicted molar refractivity (Wildman–Crippen MR) is 83.9 cm³/mol. The summed E-state index contributed by atoms with van der Waals surface area (Å²) in [4.78, 5) is 16.3. The number of benzene rings is 1. The zero-order valence-electron chi connectivity index (χ0n) is 12.7. The van der Waals surface area contributed by atoms with E-state index in [2.05, 4.69) is 4.90 Å². The zero-order valence-corrected chi connectivity index (χ0v) is 12.7. The van der Waals surface area contributed by atoms with E-state index in [1.165, 1.54) is 24.2 Å². The minimum atomic E-state index is -1.03. The smallest absolute Gasteiger partial charge is 0.254 e. The normalized spacial score (nSPS) is 25.5. The van der Waals surface area contributed by atoms with Gasteiger partial charge in [-0.3, -0.25) is 4.79 Å². The Labute approximate surface area is 130 Å². The second-order valence-corrected chi connectivity index (χ2v) is 6.22.